The molecule has 1 atom stereocenters. The Bertz CT molecular complexity index is 478. The van der Waals surface area contributed by atoms with Crippen molar-refractivity contribution in [2.75, 3.05) is 18.0 Å². The first-order valence-electron chi connectivity index (χ1n) is 5.59. The molecule has 1 saturated heterocycles. The lowest BCUT2D eigenvalue weighted by atomic mass is 10.0. The van der Waals surface area contributed by atoms with Crippen molar-refractivity contribution < 1.29 is 14.7 Å². The number of hydrogen-bond donors (Lipinski definition) is 2. The summed E-state index contributed by atoms with van der Waals surface area (Å²) in [5, 5.41) is 11.9. The van der Waals surface area contributed by atoms with E-state index in [0.717, 1.165) is 0 Å². The van der Waals surface area contributed by atoms with E-state index in [1.54, 1.807) is 24.3 Å². The number of hydrogen-bond acceptors (Lipinski definition) is 2. The van der Waals surface area contributed by atoms with Gasteiger partial charge in [0.1, 0.15) is 0 Å². The summed E-state index contributed by atoms with van der Waals surface area (Å²) in [4.78, 5) is 24.0. The molecule has 1 unspecified atom stereocenters. The number of para-hydroxylation sites is 1. The second-order valence-electron chi connectivity index (χ2n) is 4.21. The van der Waals surface area contributed by atoms with E-state index in [-0.39, 0.29) is 18.4 Å². The molecule has 96 valence electrons. The highest BCUT2D eigenvalue weighted by Gasteiger charge is 2.28. The maximum atomic E-state index is 11.8. The molecule has 1 aromatic carbocycles. The van der Waals surface area contributed by atoms with Crippen LogP contribution in [0.25, 0.3) is 0 Å². The van der Waals surface area contributed by atoms with Gasteiger partial charge in [-0.25, -0.2) is 4.79 Å². The molecule has 1 aromatic rings. The molecule has 6 heteroatoms. The zero-order chi connectivity index (χ0) is 13.1. The monoisotopic (exact) mass is 268 g/mol. The lowest BCUT2D eigenvalue weighted by Crippen LogP contribution is -2.51. The fourth-order valence-electron chi connectivity index (χ4n) is 1.99. The Labute approximate surface area is 109 Å². The number of carbonyl (C=O) groups is 2. The second kappa shape index (κ2) is 5.27. The van der Waals surface area contributed by atoms with Gasteiger partial charge in [-0.3, -0.25) is 9.69 Å². The summed E-state index contributed by atoms with van der Waals surface area (Å²) in [7, 11) is 0. The predicted octanol–water partition coefficient (Wildman–Crippen LogP) is 1.96. The van der Waals surface area contributed by atoms with E-state index in [0.29, 0.717) is 23.8 Å². The Morgan fingerprint density at radius 1 is 1.50 bits per heavy atom. The van der Waals surface area contributed by atoms with Crippen molar-refractivity contribution in [3.05, 3.63) is 29.3 Å². The minimum Gasteiger partial charge on any atom is -0.481 e. The van der Waals surface area contributed by atoms with Gasteiger partial charge in [0.25, 0.3) is 0 Å². The first kappa shape index (κ1) is 12.7. The minimum absolute atomic E-state index is 0.0290. The predicted molar refractivity (Wildman–Crippen MR) is 67.9 cm³/mol. The average molecular weight is 269 g/mol. The van der Waals surface area contributed by atoms with E-state index < -0.39 is 5.97 Å². The molecule has 2 N–H and O–H groups in total. The maximum Gasteiger partial charge on any atom is 0.321 e. The van der Waals surface area contributed by atoms with Gasteiger partial charge in [-0.15, -0.1) is 0 Å². The van der Waals surface area contributed by atoms with Crippen LogP contribution >= 0.6 is 11.6 Å². The summed E-state index contributed by atoms with van der Waals surface area (Å²) >= 11 is 6.04. The number of benzene rings is 1. The zero-order valence-electron chi connectivity index (χ0n) is 9.60. The third kappa shape index (κ3) is 2.73. The topological polar surface area (TPSA) is 69.6 Å². The minimum atomic E-state index is -0.866. The molecule has 1 aliphatic rings. The first-order valence-corrected chi connectivity index (χ1v) is 5.97. The number of urea groups is 1. The van der Waals surface area contributed by atoms with Crippen LogP contribution < -0.4 is 10.2 Å². The molecule has 0 aliphatic carbocycles. The molecule has 1 fully saturated rings. The standard InChI is InChI=1S/C12H13ClN2O3/c13-9-3-1-2-4-10(9)15-7-8(5-11(16)17)6-14-12(15)18/h1-4,8H,5-7H2,(H,14,18)(H,16,17). The fraction of sp³-hybridized carbons (Fsp3) is 0.333. The van der Waals surface area contributed by atoms with Gasteiger partial charge in [0, 0.05) is 19.0 Å². The number of carbonyl (C=O) groups excluding carboxylic acids is 1. The van der Waals surface area contributed by atoms with Crippen LogP contribution in [-0.2, 0) is 4.79 Å². The van der Waals surface area contributed by atoms with Crippen LogP contribution in [0.2, 0.25) is 5.02 Å². The van der Waals surface area contributed by atoms with E-state index >= 15 is 0 Å². The highest BCUT2D eigenvalue weighted by Crippen LogP contribution is 2.27. The van der Waals surface area contributed by atoms with Gasteiger partial charge >= 0.3 is 12.0 Å². The average Bonchev–Trinajstić information content (AvgIpc) is 2.32. The molecule has 2 rings (SSSR count). The van der Waals surface area contributed by atoms with Gasteiger partial charge in [-0.05, 0) is 12.1 Å². The molecule has 0 aromatic heterocycles. The van der Waals surface area contributed by atoms with Crippen molar-refractivity contribution in [3.63, 3.8) is 0 Å². The molecule has 2 amide bonds. The molecule has 18 heavy (non-hydrogen) atoms. The number of aliphatic carboxylic acids is 1. The molecule has 0 bridgehead atoms. The molecule has 5 nitrogen and oxygen atoms in total. The van der Waals surface area contributed by atoms with E-state index in [1.807, 2.05) is 0 Å². The largest absolute Gasteiger partial charge is 0.481 e. The van der Waals surface area contributed by atoms with E-state index in [2.05, 4.69) is 5.32 Å². The van der Waals surface area contributed by atoms with Crippen LogP contribution in [0.4, 0.5) is 10.5 Å². The number of carboxylic acid groups (broad SMARTS) is 1. The number of nitrogens with zero attached hydrogens (tertiary/aromatic N) is 1. The summed E-state index contributed by atoms with van der Waals surface area (Å²) in [6, 6.07) is 6.76. The highest BCUT2D eigenvalue weighted by atomic mass is 35.5. The second-order valence-corrected chi connectivity index (χ2v) is 4.62. The van der Waals surface area contributed by atoms with E-state index in [4.69, 9.17) is 16.7 Å². The lowest BCUT2D eigenvalue weighted by molar-refractivity contribution is -0.138. The Hall–Kier alpha value is -1.75. The summed E-state index contributed by atoms with van der Waals surface area (Å²) < 4.78 is 0. The van der Waals surface area contributed by atoms with Crippen molar-refractivity contribution in [3.8, 4) is 0 Å². The number of carboxylic acids is 1. The number of rotatable bonds is 3. The van der Waals surface area contributed by atoms with Crippen molar-refractivity contribution >= 4 is 29.3 Å². The summed E-state index contributed by atoms with van der Waals surface area (Å²) in [5.74, 6) is -0.980. The van der Waals surface area contributed by atoms with Crippen molar-refractivity contribution in [1.82, 2.24) is 5.32 Å². The van der Waals surface area contributed by atoms with Gasteiger partial charge in [0.2, 0.25) is 0 Å². The van der Waals surface area contributed by atoms with Gasteiger partial charge in [0.05, 0.1) is 17.1 Å². The molecule has 1 heterocycles. The number of amides is 2. The van der Waals surface area contributed by atoms with Crippen LogP contribution in [0.3, 0.4) is 0 Å². The maximum absolute atomic E-state index is 11.8. The Morgan fingerprint density at radius 2 is 2.22 bits per heavy atom. The number of anilines is 1. The van der Waals surface area contributed by atoms with Gasteiger partial charge in [0.15, 0.2) is 0 Å². The molecule has 1 aliphatic heterocycles. The molecule has 0 saturated carbocycles. The molecule has 0 spiro atoms. The van der Waals surface area contributed by atoms with E-state index in [1.165, 1.54) is 4.90 Å². The number of nitrogens with one attached hydrogen (secondary N) is 1. The quantitative estimate of drug-likeness (QED) is 0.880. The lowest BCUT2D eigenvalue weighted by Gasteiger charge is -2.33. The number of halogens is 1. The molecule has 0 radical (unpaired) electrons. The highest BCUT2D eigenvalue weighted by molar-refractivity contribution is 6.33. The summed E-state index contributed by atoms with van der Waals surface area (Å²) in [6.07, 6.45) is 0.0290. The van der Waals surface area contributed by atoms with Crippen molar-refractivity contribution in [2.45, 2.75) is 6.42 Å². The van der Waals surface area contributed by atoms with Crippen LogP contribution in [-0.4, -0.2) is 30.2 Å². The smallest absolute Gasteiger partial charge is 0.321 e. The van der Waals surface area contributed by atoms with Crippen LogP contribution in [0.1, 0.15) is 6.42 Å². The molecular formula is C12H13ClN2O3. The fourth-order valence-corrected chi connectivity index (χ4v) is 2.23. The Balaban J connectivity index is 2.18. The van der Waals surface area contributed by atoms with Crippen LogP contribution in [0, 0.1) is 5.92 Å². The Morgan fingerprint density at radius 3 is 2.89 bits per heavy atom. The van der Waals surface area contributed by atoms with Gasteiger partial charge in [-0.1, -0.05) is 23.7 Å². The van der Waals surface area contributed by atoms with Crippen molar-refractivity contribution in [1.29, 1.82) is 0 Å². The Kier molecular flexibility index (Phi) is 3.72. The normalized spacial score (nSPS) is 19.5. The SMILES string of the molecule is O=C(O)CC1CNC(=O)N(c2ccccc2Cl)C1. The third-order valence-electron chi connectivity index (χ3n) is 2.83. The van der Waals surface area contributed by atoms with Crippen LogP contribution in [0.15, 0.2) is 24.3 Å². The van der Waals surface area contributed by atoms with Crippen molar-refractivity contribution in [2.24, 2.45) is 5.92 Å². The van der Waals surface area contributed by atoms with Gasteiger partial charge in [-0.2, -0.15) is 0 Å². The van der Waals surface area contributed by atoms with E-state index in [9.17, 15) is 9.59 Å². The first-order chi connectivity index (χ1) is 8.58. The zero-order valence-corrected chi connectivity index (χ0v) is 10.4. The van der Waals surface area contributed by atoms with Crippen LogP contribution in [0.5, 0.6) is 0 Å². The third-order valence-corrected chi connectivity index (χ3v) is 3.15. The molecular weight excluding hydrogens is 256 g/mol. The summed E-state index contributed by atoms with van der Waals surface area (Å²) in [6.45, 7) is 0.744. The van der Waals surface area contributed by atoms with Gasteiger partial charge < -0.3 is 10.4 Å². The summed E-state index contributed by atoms with van der Waals surface area (Å²) in [5.41, 5.74) is 0.603.